The first-order valence-corrected chi connectivity index (χ1v) is 4.99. The summed E-state index contributed by atoms with van der Waals surface area (Å²) >= 11 is 0. The number of nitrogens with one attached hydrogen (secondary N) is 1. The average molecular weight is 194 g/mol. The Bertz CT molecular complexity index is 250. The van der Waals surface area contributed by atoms with E-state index in [0.717, 1.165) is 18.4 Å². The van der Waals surface area contributed by atoms with Crippen LogP contribution in [0.5, 0.6) is 0 Å². The predicted molar refractivity (Wildman–Crippen MR) is 56.2 cm³/mol. The highest BCUT2D eigenvalue weighted by atomic mass is 15.2. The Morgan fingerprint density at radius 1 is 1.43 bits per heavy atom. The smallest absolute Gasteiger partial charge is 0.115 e. The Hall–Kier alpha value is -1.00. The summed E-state index contributed by atoms with van der Waals surface area (Å²) in [5.74, 6) is 6.15. The van der Waals surface area contributed by atoms with Gasteiger partial charge in [-0.05, 0) is 12.3 Å². The Balaban J connectivity index is 2.63. The Kier molecular flexibility index (Phi) is 4.49. The first kappa shape index (κ1) is 11.1. The van der Waals surface area contributed by atoms with Gasteiger partial charge in [0.25, 0.3) is 0 Å². The fraction of sp³-hybridized carbons (Fsp3) is 0.600. The highest BCUT2D eigenvalue weighted by molar-refractivity contribution is 5.08. The normalized spacial score (nSPS) is 15.1. The second-order valence-corrected chi connectivity index (χ2v) is 3.64. The lowest BCUT2D eigenvalue weighted by atomic mass is 9.96. The van der Waals surface area contributed by atoms with Crippen molar-refractivity contribution in [1.82, 2.24) is 15.4 Å². The van der Waals surface area contributed by atoms with E-state index in [-0.39, 0.29) is 6.04 Å². The van der Waals surface area contributed by atoms with Gasteiger partial charge in [-0.3, -0.25) is 11.3 Å². The largest absolute Gasteiger partial charge is 0.271 e. The molecule has 0 aromatic carbocycles. The van der Waals surface area contributed by atoms with Crippen molar-refractivity contribution in [2.24, 2.45) is 11.8 Å². The van der Waals surface area contributed by atoms with Crippen molar-refractivity contribution in [3.63, 3.8) is 0 Å². The summed E-state index contributed by atoms with van der Waals surface area (Å²) in [6.07, 6.45) is 7.31. The van der Waals surface area contributed by atoms with Crippen LogP contribution in [0.25, 0.3) is 0 Å². The fourth-order valence-corrected chi connectivity index (χ4v) is 1.36. The van der Waals surface area contributed by atoms with Crippen LogP contribution in [0, 0.1) is 5.92 Å². The van der Waals surface area contributed by atoms with E-state index >= 15 is 0 Å². The summed E-state index contributed by atoms with van der Waals surface area (Å²) in [4.78, 5) is 7.96. The van der Waals surface area contributed by atoms with Gasteiger partial charge in [0.1, 0.15) is 6.33 Å². The van der Waals surface area contributed by atoms with Crippen molar-refractivity contribution in [1.29, 1.82) is 0 Å². The molecular formula is C10H18N4. The highest BCUT2D eigenvalue weighted by Crippen LogP contribution is 2.20. The molecule has 4 heteroatoms. The minimum absolute atomic E-state index is 0.158. The van der Waals surface area contributed by atoms with Crippen molar-refractivity contribution in [3.05, 3.63) is 24.3 Å². The molecule has 0 saturated heterocycles. The molecule has 0 radical (unpaired) electrons. The molecule has 1 heterocycles. The van der Waals surface area contributed by atoms with Crippen molar-refractivity contribution < 1.29 is 0 Å². The Morgan fingerprint density at radius 3 is 2.57 bits per heavy atom. The first-order valence-electron chi connectivity index (χ1n) is 4.99. The third-order valence-electron chi connectivity index (χ3n) is 2.52. The third kappa shape index (κ3) is 3.05. The van der Waals surface area contributed by atoms with E-state index in [4.69, 9.17) is 5.84 Å². The maximum Gasteiger partial charge on any atom is 0.115 e. The molecule has 0 aliphatic carbocycles. The zero-order valence-electron chi connectivity index (χ0n) is 8.77. The second-order valence-electron chi connectivity index (χ2n) is 3.64. The number of rotatable bonds is 5. The zero-order chi connectivity index (χ0) is 10.4. The molecule has 2 unspecified atom stereocenters. The summed E-state index contributed by atoms with van der Waals surface area (Å²) in [5.41, 5.74) is 3.85. The van der Waals surface area contributed by atoms with E-state index in [9.17, 15) is 0 Å². The number of nitrogens with zero attached hydrogens (tertiary/aromatic N) is 2. The van der Waals surface area contributed by atoms with Gasteiger partial charge in [0.15, 0.2) is 0 Å². The maximum atomic E-state index is 5.50. The van der Waals surface area contributed by atoms with Gasteiger partial charge in [0, 0.05) is 24.0 Å². The molecule has 0 aliphatic rings. The van der Waals surface area contributed by atoms with E-state index in [1.807, 2.05) is 0 Å². The number of hydrazine groups is 1. The van der Waals surface area contributed by atoms with E-state index in [0.29, 0.717) is 5.92 Å². The van der Waals surface area contributed by atoms with Crippen LogP contribution in [-0.4, -0.2) is 9.97 Å². The molecule has 0 fully saturated rings. The summed E-state index contributed by atoms with van der Waals surface area (Å²) in [6, 6.07) is 0.158. The lowest BCUT2D eigenvalue weighted by Crippen LogP contribution is -2.29. The van der Waals surface area contributed by atoms with Gasteiger partial charge in [0.2, 0.25) is 0 Å². The van der Waals surface area contributed by atoms with Crippen molar-refractivity contribution in [2.75, 3.05) is 0 Å². The molecule has 0 aliphatic heterocycles. The SMILES string of the molecule is CCC(C)CC(NN)c1cncnc1. The number of aromatic nitrogens is 2. The standard InChI is InChI=1S/C10H18N4/c1-3-8(2)4-10(14-11)9-5-12-7-13-6-9/h5-8,10,14H,3-4,11H2,1-2H3. The van der Waals surface area contributed by atoms with Crippen molar-refractivity contribution in [3.8, 4) is 0 Å². The summed E-state index contributed by atoms with van der Waals surface area (Å²) < 4.78 is 0. The Morgan fingerprint density at radius 2 is 2.07 bits per heavy atom. The van der Waals surface area contributed by atoms with Gasteiger partial charge < -0.3 is 0 Å². The first-order chi connectivity index (χ1) is 6.77. The van der Waals surface area contributed by atoms with Crippen LogP contribution in [0.1, 0.15) is 38.3 Å². The molecular weight excluding hydrogens is 176 g/mol. The fourth-order valence-electron chi connectivity index (χ4n) is 1.36. The second kappa shape index (κ2) is 5.67. The zero-order valence-corrected chi connectivity index (χ0v) is 8.77. The lowest BCUT2D eigenvalue weighted by Gasteiger charge is -2.18. The van der Waals surface area contributed by atoms with E-state index in [1.165, 1.54) is 6.33 Å². The number of hydrogen-bond donors (Lipinski definition) is 2. The topological polar surface area (TPSA) is 63.8 Å². The number of hydrogen-bond acceptors (Lipinski definition) is 4. The molecule has 0 spiro atoms. The van der Waals surface area contributed by atoms with Crippen LogP contribution in [0.2, 0.25) is 0 Å². The highest BCUT2D eigenvalue weighted by Gasteiger charge is 2.12. The molecule has 4 nitrogen and oxygen atoms in total. The monoisotopic (exact) mass is 194 g/mol. The summed E-state index contributed by atoms with van der Waals surface area (Å²) in [7, 11) is 0. The molecule has 0 bridgehead atoms. The molecule has 1 aromatic rings. The van der Waals surface area contributed by atoms with Gasteiger partial charge in [-0.25, -0.2) is 9.97 Å². The molecule has 3 N–H and O–H groups in total. The Labute approximate surface area is 84.9 Å². The third-order valence-corrected chi connectivity index (χ3v) is 2.52. The van der Waals surface area contributed by atoms with Gasteiger partial charge in [-0.1, -0.05) is 20.3 Å². The molecule has 0 amide bonds. The van der Waals surface area contributed by atoms with E-state index in [2.05, 4.69) is 29.2 Å². The van der Waals surface area contributed by atoms with Crippen LogP contribution in [0.15, 0.2) is 18.7 Å². The van der Waals surface area contributed by atoms with Crippen LogP contribution in [-0.2, 0) is 0 Å². The van der Waals surface area contributed by atoms with Gasteiger partial charge in [-0.15, -0.1) is 0 Å². The maximum absolute atomic E-state index is 5.50. The summed E-state index contributed by atoms with van der Waals surface area (Å²) in [5, 5.41) is 0. The van der Waals surface area contributed by atoms with Crippen LogP contribution in [0.4, 0.5) is 0 Å². The molecule has 78 valence electrons. The minimum Gasteiger partial charge on any atom is -0.271 e. The number of nitrogens with two attached hydrogens (primary N) is 1. The molecule has 2 atom stereocenters. The predicted octanol–water partition coefficient (Wildman–Crippen LogP) is 1.42. The van der Waals surface area contributed by atoms with Gasteiger partial charge in [0.05, 0.1) is 0 Å². The van der Waals surface area contributed by atoms with Gasteiger partial charge >= 0.3 is 0 Å². The van der Waals surface area contributed by atoms with Crippen LogP contribution in [0.3, 0.4) is 0 Å². The van der Waals surface area contributed by atoms with Crippen molar-refractivity contribution >= 4 is 0 Å². The minimum atomic E-state index is 0.158. The lowest BCUT2D eigenvalue weighted by molar-refractivity contribution is 0.406. The molecule has 1 aromatic heterocycles. The molecule has 0 saturated carbocycles. The average Bonchev–Trinajstić information content (AvgIpc) is 2.26. The quantitative estimate of drug-likeness (QED) is 0.549. The van der Waals surface area contributed by atoms with Crippen LogP contribution >= 0.6 is 0 Å². The van der Waals surface area contributed by atoms with Crippen molar-refractivity contribution in [2.45, 2.75) is 32.7 Å². The molecule has 1 rings (SSSR count). The summed E-state index contributed by atoms with van der Waals surface area (Å²) in [6.45, 7) is 4.40. The van der Waals surface area contributed by atoms with Crippen LogP contribution < -0.4 is 11.3 Å². The van der Waals surface area contributed by atoms with Gasteiger partial charge in [-0.2, -0.15) is 0 Å². The van der Waals surface area contributed by atoms with E-state index < -0.39 is 0 Å². The van der Waals surface area contributed by atoms with E-state index in [1.54, 1.807) is 12.4 Å². The molecule has 14 heavy (non-hydrogen) atoms.